The largest absolute Gasteiger partial charge is 0.393 e. The number of guanidine groups is 1. The molecule has 1 fully saturated rings. The van der Waals surface area contributed by atoms with Crippen LogP contribution in [-0.4, -0.2) is 36.3 Å². The van der Waals surface area contributed by atoms with Crippen LogP contribution in [0.4, 0.5) is 0 Å². The van der Waals surface area contributed by atoms with E-state index in [1.165, 1.54) is 25.7 Å². The molecule has 0 atom stereocenters. The minimum atomic E-state index is -0.0965. The number of aliphatic hydroxyl groups excluding tert-OH is 1. The third-order valence-corrected chi connectivity index (χ3v) is 4.47. The minimum absolute atomic E-state index is 0. The van der Waals surface area contributed by atoms with Gasteiger partial charge in [-0.3, -0.25) is 4.99 Å². The first-order chi connectivity index (χ1) is 10.3. The maximum absolute atomic E-state index is 9.57. The number of aliphatic hydroxyl groups is 1. The van der Waals surface area contributed by atoms with Crippen molar-refractivity contribution >= 4 is 29.9 Å². The molecule has 3 N–H and O–H groups in total. The van der Waals surface area contributed by atoms with Crippen LogP contribution in [-0.2, 0) is 0 Å². The summed E-state index contributed by atoms with van der Waals surface area (Å²) in [6.07, 6.45) is 12.5. The van der Waals surface area contributed by atoms with Crippen LogP contribution in [0.2, 0.25) is 0 Å². The van der Waals surface area contributed by atoms with E-state index in [0.29, 0.717) is 6.04 Å². The zero-order chi connectivity index (χ0) is 14.9. The molecule has 0 spiro atoms. The van der Waals surface area contributed by atoms with Gasteiger partial charge in [0.05, 0.1) is 6.10 Å². The molecule has 2 aliphatic carbocycles. The highest BCUT2D eigenvalue weighted by Crippen LogP contribution is 2.20. The van der Waals surface area contributed by atoms with E-state index in [2.05, 4.69) is 23.6 Å². The van der Waals surface area contributed by atoms with E-state index in [0.717, 1.165) is 51.2 Å². The molecular formula is C17H32IN3O. The lowest BCUT2D eigenvalue weighted by Gasteiger charge is -2.27. The van der Waals surface area contributed by atoms with Crippen LogP contribution in [0.15, 0.2) is 16.6 Å². The van der Waals surface area contributed by atoms with E-state index in [1.54, 1.807) is 5.57 Å². The summed E-state index contributed by atoms with van der Waals surface area (Å²) in [5.74, 6) is 0.940. The SMILES string of the molecule is CCNC(=NCCC1=CCCCC1)NC1CCC(O)CC1.I. The highest BCUT2D eigenvalue weighted by Gasteiger charge is 2.19. The van der Waals surface area contributed by atoms with Gasteiger partial charge in [-0.1, -0.05) is 11.6 Å². The molecule has 0 radical (unpaired) electrons. The van der Waals surface area contributed by atoms with Gasteiger partial charge in [-0.05, 0) is 64.7 Å². The van der Waals surface area contributed by atoms with Crippen molar-refractivity contribution in [3.05, 3.63) is 11.6 Å². The summed E-state index contributed by atoms with van der Waals surface area (Å²) in [6, 6.07) is 0.458. The predicted molar refractivity (Wildman–Crippen MR) is 104 cm³/mol. The number of nitrogens with zero attached hydrogens (tertiary/aromatic N) is 1. The topological polar surface area (TPSA) is 56.7 Å². The van der Waals surface area contributed by atoms with Crippen molar-refractivity contribution in [2.45, 2.75) is 76.9 Å². The smallest absolute Gasteiger partial charge is 0.191 e. The van der Waals surface area contributed by atoms with Gasteiger partial charge >= 0.3 is 0 Å². The molecule has 4 nitrogen and oxygen atoms in total. The fourth-order valence-electron chi connectivity index (χ4n) is 3.18. The maximum Gasteiger partial charge on any atom is 0.191 e. The molecule has 0 aromatic carbocycles. The van der Waals surface area contributed by atoms with Crippen molar-refractivity contribution in [1.82, 2.24) is 10.6 Å². The summed E-state index contributed by atoms with van der Waals surface area (Å²) in [7, 11) is 0. The molecule has 0 aliphatic heterocycles. The standard InChI is InChI=1S/C17H31N3O.HI/c1-2-18-17(20-15-8-10-16(21)11-9-15)19-13-12-14-6-4-3-5-7-14;/h6,15-16,21H,2-5,7-13H2,1H3,(H2,18,19,20);1H. The summed E-state index contributed by atoms with van der Waals surface area (Å²) in [5.41, 5.74) is 1.58. The second-order valence-corrected chi connectivity index (χ2v) is 6.27. The Kier molecular flexibility index (Phi) is 10.1. The lowest BCUT2D eigenvalue weighted by Crippen LogP contribution is -2.45. The van der Waals surface area contributed by atoms with Crippen molar-refractivity contribution in [1.29, 1.82) is 0 Å². The number of nitrogens with one attached hydrogen (secondary N) is 2. The van der Waals surface area contributed by atoms with E-state index in [9.17, 15) is 5.11 Å². The maximum atomic E-state index is 9.57. The number of rotatable bonds is 5. The van der Waals surface area contributed by atoms with Crippen LogP contribution in [0.3, 0.4) is 0 Å². The first kappa shape index (κ1) is 19.7. The highest BCUT2D eigenvalue weighted by molar-refractivity contribution is 14.0. The quantitative estimate of drug-likeness (QED) is 0.276. The van der Waals surface area contributed by atoms with E-state index in [1.807, 2.05) is 0 Å². The Hall–Kier alpha value is -0.300. The van der Waals surface area contributed by atoms with Gasteiger partial charge in [0.25, 0.3) is 0 Å². The van der Waals surface area contributed by atoms with Crippen LogP contribution >= 0.6 is 24.0 Å². The van der Waals surface area contributed by atoms with Gasteiger partial charge in [-0.25, -0.2) is 0 Å². The monoisotopic (exact) mass is 421 g/mol. The first-order valence-electron chi connectivity index (χ1n) is 8.68. The molecule has 0 amide bonds. The average Bonchev–Trinajstić information content (AvgIpc) is 2.51. The molecule has 0 heterocycles. The summed E-state index contributed by atoms with van der Waals surface area (Å²) >= 11 is 0. The normalized spacial score (nSPS) is 25.9. The summed E-state index contributed by atoms with van der Waals surface area (Å²) in [6.45, 7) is 3.87. The molecule has 0 unspecified atom stereocenters. The van der Waals surface area contributed by atoms with Gasteiger partial charge < -0.3 is 15.7 Å². The van der Waals surface area contributed by atoms with Crippen molar-refractivity contribution in [2.75, 3.05) is 13.1 Å². The highest BCUT2D eigenvalue weighted by atomic mass is 127. The molecule has 2 rings (SSSR count). The van der Waals surface area contributed by atoms with Crippen LogP contribution in [0.5, 0.6) is 0 Å². The van der Waals surface area contributed by atoms with Gasteiger partial charge in [-0.15, -0.1) is 24.0 Å². The fraction of sp³-hybridized carbons (Fsp3) is 0.824. The van der Waals surface area contributed by atoms with Crippen LogP contribution < -0.4 is 10.6 Å². The number of aliphatic imine (C=N–C) groups is 1. The number of hydrogen-bond donors (Lipinski definition) is 3. The Bertz CT molecular complexity index is 363. The minimum Gasteiger partial charge on any atom is -0.393 e. The Balaban J connectivity index is 0.00000242. The molecule has 128 valence electrons. The molecule has 0 saturated heterocycles. The van der Waals surface area contributed by atoms with Gasteiger partial charge in [0.2, 0.25) is 0 Å². The van der Waals surface area contributed by atoms with Crippen molar-refractivity contribution in [3.63, 3.8) is 0 Å². The van der Waals surface area contributed by atoms with Gasteiger partial charge in [0.15, 0.2) is 5.96 Å². The Morgan fingerprint density at radius 1 is 1.27 bits per heavy atom. The van der Waals surface area contributed by atoms with E-state index >= 15 is 0 Å². The number of hydrogen-bond acceptors (Lipinski definition) is 2. The van der Waals surface area contributed by atoms with Crippen LogP contribution in [0, 0.1) is 0 Å². The zero-order valence-electron chi connectivity index (χ0n) is 13.8. The van der Waals surface area contributed by atoms with Gasteiger partial charge in [0.1, 0.15) is 0 Å². The molecule has 2 aliphatic rings. The average molecular weight is 421 g/mol. The van der Waals surface area contributed by atoms with Crippen molar-refractivity contribution < 1.29 is 5.11 Å². The van der Waals surface area contributed by atoms with Crippen LogP contribution in [0.1, 0.15) is 64.7 Å². The summed E-state index contributed by atoms with van der Waals surface area (Å²) in [5, 5.41) is 16.4. The molecule has 0 aromatic rings. The molecular weight excluding hydrogens is 389 g/mol. The lowest BCUT2D eigenvalue weighted by molar-refractivity contribution is 0.120. The van der Waals surface area contributed by atoms with Gasteiger partial charge in [-0.2, -0.15) is 0 Å². The van der Waals surface area contributed by atoms with E-state index < -0.39 is 0 Å². The fourth-order valence-corrected chi connectivity index (χ4v) is 3.18. The Morgan fingerprint density at radius 3 is 2.68 bits per heavy atom. The third kappa shape index (κ3) is 7.31. The van der Waals surface area contributed by atoms with Crippen molar-refractivity contribution in [3.8, 4) is 0 Å². The second kappa shape index (κ2) is 11.3. The first-order valence-corrected chi connectivity index (χ1v) is 8.68. The molecule has 0 bridgehead atoms. The molecule has 0 aromatic heterocycles. The third-order valence-electron chi connectivity index (χ3n) is 4.47. The lowest BCUT2D eigenvalue weighted by atomic mass is 9.93. The van der Waals surface area contributed by atoms with E-state index in [4.69, 9.17) is 4.99 Å². The van der Waals surface area contributed by atoms with E-state index in [-0.39, 0.29) is 30.1 Å². The number of halogens is 1. The number of allylic oxidation sites excluding steroid dienone is 1. The zero-order valence-corrected chi connectivity index (χ0v) is 16.1. The second-order valence-electron chi connectivity index (χ2n) is 6.27. The predicted octanol–water partition coefficient (Wildman–Crippen LogP) is 3.35. The molecule has 5 heteroatoms. The van der Waals surface area contributed by atoms with Crippen LogP contribution in [0.25, 0.3) is 0 Å². The molecule has 22 heavy (non-hydrogen) atoms. The summed E-state index contributed by atoms with van der Waals surface area (Å²) in [4.78, 5) is 4.71. The summed E-state index contributed by atoms with van der Waals surface area (Å²) < 4.78 is 0. The Morgan fingerprint density at radius 2 is 2.05 bits per heavy atom. The molecule has 1 saturated carbocycles. The van der Waals surface area contributed by atoms with Crippen molar-refractivity contribution in [2.24, 2.45) is 4.99 Å². The Labute approximate surface area is 152 Å². The van der Waals surface area contributed by atoms with Gasteiger partial charge in [0, 0.05) is 19.1 Å².